The lowest BCUT2D eigenvalue weighted by Crippen LogP contribution is -2.18. The van der Waals surface area contributed by atoms with Crippen molar-refractivity contribution in [1.82, 2.24) is 0 Å². The molecule has 2 aromatic carbocycles. The number of amides is 1. The van der Waals surface area contributed by atoms with Crippen molar-refractivity contribution in [2.75, 3.05) is 16.8 Å². The first-order valence-electron chi connectivity index (χ1n) is 5.65. The Bertz CT molecular complexity index is 625. The molecule has 18 heavy (non-hydrogen) atoms. The van der Waals surface area contributed by atoms with Crippen molar-refractivity contribution in [2.24, 2.45) is 0 Å². The van der Waals surface area contributed by atoms with E-state index in [9.17, 15) is 4.79 Å². The first-order valence-corrected chi connectivity index (χ1v) is 6.63. The summed E-state index contributed by atoms with van der Waals surface area (Å²) >= 11 is 1.57. The number of rotatable bonds is 1. The summed E-state index contributed by atoms with van der Waals surface area (Å²) in [5.41, 5.74) is 9.65. The van der Waals surface area contributed by atoms with Crippen LogP contribution in [0.25, 0.3) is 11.1 Å². The summed E-state index contributed by atoms with van der Waals surface area (Å²) in [7, 11) is 0. The van der Waals surface area contributed by atoms with Crippen molar-refractivity contribution in [3.05, 3.63) is 42.5 Å². The predicted molar refractivity (Wildman–Crippen MR) is 75.6 cm³/mol. The third-order valence-electron chi connectivity index (χ3n) is 2.83. The van der Waals surface area contributed by atoms with Gasteiger partial charge in [-0.1, -0.05) is 18.2 Å². The topological polar surface area (TPSA) is 55.1 Å². The lowest BCUT2D eigenvalue weighted by Gasteiger charge is -2.17. The van der Waals surface area contributed by atoms with E-state index in [0.29, 0.717) is 5.75 Å². The van der Waals surface area contributed by atoms with E-state index in [1.54, 1.807) is 11.8 Å². The van der Waals surface area contributed by atoms with Crippen LogP contribution in [0.5, 0.6) is 0 Å². The minimum absolute atomic E-state index is 0.0594. The van der Waals surface area contributed by atoms with Gasteiger partial charge >= 0.3 is 0 Å². The van der Waals surface area contributed by atoms with E-state index in [1.807, 2.05) is 36.4 Å². The number of hydrogen-bond acceptors (Lipinski definition) is 3. The zero-order valence-corrected chi connectivity index (χ0v) is 10.5. The summed E-state index contributed by atoms with van der Waals surface area (Å²) in [6.07, 6.45) is 0. The van der Waals surface area contributed by atoms with Crippen LogP contribution in [-0.2, 0) is 4.79 Å². The van der Waals surface area contributed by atoms with Gasteiger partial charge in [-0.25, -0.2) is 0 Å². The SMILES string of the molecule is Nc1cccc(-c2ccc3c(c2)SCC(=O)N3)c1. The van der Waals surface area contributed by atoms with Gasteiger partial charge in [0.15, 0.2) is 0 Å². The Morgan fingerprint density at radius 3 is 2.78 bits per heavy atom. The number of nitrogens with two attached hydrogens (primary N) is 1. The van der Waals surface area contributed by atoms with Gasteiger partial charge in [-0.05, 0) is 35.4 Å². The first-order chi connectivity index (χ1) is 8.72. The highest BCUT2D eigenvalue weighted by Crippen LogP contribution is 2.35. The third kappa shape index (κ3) is 2.07. The summed E-state index contributed by atoms with van der Waals surface area (Å²) in [5, 5.41) is 2.87. The van der Waals surface area contributed by atoms with Crippen molar-refractivity contribution < 1.29 is 4.79 Å². The standard InChI is InChI=1S/C14H12N2OS/c15-11-3-1-2-9(6-11)10-4-5-12-13(7-10)18-8-14(17)16-12/h1-7H,8,15H2,(H,16,17). The first kappa shape index (κ1) is 11.2. The maximum atomic E-state index is 11.3. The zero-order chi connectivity index (χ0) is 12.5. The van der Waals surface area contributed by atoms with Gasteiger partial charge in [0.25, 0.3) is 0 Å². The van der Waals surface area contributed by atoms with Gasteiger partial charge in [0.1, 0.15) is 0 Å². The molecule has 2 aromatic rings. The monoisotopic (exact) mass is 256 g/mol. The third-order valence-corrected chi connectivity index (χ3v) is 3.89. The molecule has 1 aliphatic heterocycles. The number of hydrogen-bond donors (Lipinski definition) is 2. The molecule has 0 aromatic heterocycles. The second-order valence-corrected chi connectivity index (χ2v) is 5.19. The van der Waals surface area contributed by atoms with E-state index in [1.165, 1.54) is 0 Å². The Kier molecular flexibility index (Phi) is 2.72. The molecule has 0 radical (unpaired) electrons. The maximum Gasteiger partial charge on any atom is 0.234 e. The van der Waals surface area contributed by atoms with Crippen LogP contribution in [0.2, 0.25) is 0 Å². The molecular weight excluding hydrogens is 244 g/mol. The molecule has 90 valence electrons. The quantitative estimate of drug-likeness (QED) is 0.771. The van der Waals surface area contributed by atoms with E-state index < -0.39 is 0 Å². The highest BCUT2D eigenvalue weighted by molar-refractivity contribution is 8.00. The summed E-state index contributed by atoms with van der Waals surface area (Å²) in [6, 6.07) is 13.8. The van der Waals surface area contributed by atoms with Gasteiger partial charge in [0.05, 0.1) is 11.4 Å². The average molecular weight is 256 g/mol. The van der Waals surface area contributed by atoms with E-state index in [0.717, 1.165) is 27.4 Å². The Hall–Kier alpha value is -1.94. The summed E-state index contributed by atoms with van der Waals surface area (Å²) in [4.78, 5) is 12.4. The van der Waals surface area contributed by atoms with E-state index in [2.05, 4.69) is 11.4 Å². The van der Waals surface area contributed by atoms with Crippen molar-refractivity contribution in [3.8, 4) is 11.1 Å². The summed E-state index contributed by atoms with van der Waals surface area (Å²) in [6.45, 7) is 0. The lowest BCUT2D eigenvalue weighted by molar-refractivity contribution is -0.113. The molecule has 0 aliphatic carbocycles. The molecule has 1 aliphatic rings. The number of nitrogen functional groups attached to an aromatic ring is 1. The zero-order valence-electron chi connectivity index (χ0n) is 9.64. The van der Waals surface area contributed by atoms with Gasteiger partial charge in [-0.3, -0.25) is 4.79 Å². The van der Waals surface area contributed by atoms with Crippen molar-refractivity contribution in [1.29, 1.82) is 0 Å². The van der Waals surface area contributed by atoms with Crippen LogP contribution in [0, 0.1) is 0 Å². The number of anilines is 2. The fourth-order valence-electron chi connectivity index (χ4n) is 1.97. The van der Waals surface area contributed by atoms with Crippen LogP contribution in [0.1, 0.15) is 0 Å². The highest BCUT2D eigenvalue weighted by Gasteiger charge is 2.15. The molecule has 0 unspecified atom stereocenters. The van der Waals surface area contributed by atoms with Crippen molar-refractivity contribution in [3.63, 3.8) is 0 Å². The molecule has 1 heterocycles. The molecule has 3 N–H and O–H groups in total. The number of nitrogens with one attached hydrogen (secondary N) is 1. The molecular formula is C14H12N2OS. The number of carbonyl (C=O) groups is 1. The molecule has 0 bridgehead atoms. The summed E-state index contributed by atoms with van der Waals surface area (Å²) in [5.74, 6) is 0.539. The van der Waals surface area contributed by atoms with Gasteiger partial charge < -0.3 is 11.1 Å². The number of benzene rings is 2. The molecule has 4 heteroatoms. The highest BCUT2D eigenvalue weighted by atomic mass is 32.2. The van der Waals surface area contributed by atoms with Crippen molar-refractivity contribution >= 4 is 29.0 Å². The van der Waals surface area contributed by atoms with Crippen LogP contribution in [0.15, 0.2) is 47.4 Å². The average Bonchev–Trinajstić information content (AvgIpc) is 2.38. The van der Waals surface area contributed by atoms with Gasteiger partial charge in [0.2, 0.25) is 5.91 Å². The van der Waals surface area contributed by atoms with Gasteiger partial charge in [-0.15, -0.1) is 11.8 Å². The molecule has 3 rings (SSSR count). The van der Waals surface area contributed by atoms with E-state index in [4.69, 9.17) is 5.73 Å². The van der Waals surface area contributed by atoms with Gasteiger partial charge in [0, 0.05) is 10.6 Å². The number of fused-ring (bicyclic) bond motifs is 1. The van der Waals surface area contributed by atoms with E-state index >= 15 is 0 Å². The lowest BCUT2D eigenvalue weighted by atomic mass is 10.0. The molecule has 0 saturated heterocycles. The Balaban J connectivity index is 2.02. The summed E-state index contributed by atoms with van der Waals surface area (Å²) < 4.78 is 0. The molecule has 0 spiro atoms. The van der Waals surface area contributed by atoms with Gasteiger partial charge in [-0.2, -0.15) is 0 Å². The molecule has 1 amide bonds. The Morgan fingerprint density at radius 1 is 1.11 bits per heavy atom. The van der Waals surface area contributed by atoms with Crippen LogP contribution < -0.4 is 11.1 Å². The maximum absolute atomic E-state index is 11.3. The van der Waals surface area contributed by atoms with E-state index in [-0.39, 0.29) is 5.91 Å². The predicted octanol–water partition coefficient (Wildman–Crippen LogP) is 2.98. The van der Waals surface area contributed by atoms with Crippen molar-refractivity contribution in [2.45, 2.75) is 4.90 Å². The van der Waals surface area contributed by atoms with Crippen LogP contribution in [0.3, 0.4) is 0 Å². The van der Waals surface area contributed by atoms with Crippen LogP contribution in [-0.4, -0.2) is 11.7 Å². The molecule has 3 nitrogen and oxygen atoms in total. The normalized spacial score (nSPS) is 13.9. The number of thioether (sulfide) groups is 1. The minimum Gasteiger partial charge on any atom is -0.399 e. The fourth-order valence-corrected chi connectivity index (χ4v) is 2.82. The molecule has 0 fully saturated rings. The largest absolute Gasteiger partial charge is 0.399 e. The second-order valence-electron chi connectivity index (χ2n) is 4.17. The minimum atomic E-state index is 0.0594. The number of carbonyl (C=O) groups excluding carboxylic acids is 1. The smallest absolute Gasteiger partial charge is 0.234 e. The Morgan fingerprint density at radius 2 is 1.94 bits per heavy atom. The van der Waals surface area contributed by atoms with Crippen LogP contribution in [0.4, 0.5) is 11.4 Å². The second kappa shape index (κ2) is 4.38. The Labute approximate surface area is 109 Å². The molecule has 0 saturated carbocycles. The van der Waals surface area contributed by atoms with Crippen LogP contribution >= 0.6 is 11.8 Å². The fraction of sp³-hybridized carbons (Fsp3) is 0.0714. The molecule has 0 atom stereocenters.